The molecule has 0 aliphatic heterocycles. The first-order valence-corrected chi connectivity index (χ1v) is 8.88. The Morgan fingerprint density at radius 2 is 1.26 bits per heavy atom. The van der Waals surface area contributed by atoms with Gasteiger partial charge < -0.3 is 4.90 Å². The molecule has 5 nitrogen and oxygen atoms in total. The Kier molecular flexibility index (Phi) is 5.15. The molecular weight excluding hydrogens is 310 g/mol. The number of benzene rings is 2. The zero-order valence-electron chi connectivity index (χ0n) is 13.8. The van der Waals surface area contributed by atoms with E-state index in [0.29, 0.717) is 10.6 Å². The highest BCUT2D eigenvalue weighted by Gasteiger charge is 2.18. The second-order valence-corrected chi connectivity index (χ2v) is 8.20. The predicted octanol–water partition coefficient (Wildman–Crippen LogP) is 4.35. The molecule has 0 unspecified atom stereocenters. The smallest absolute Gasteiger partial charge is 0.180 e. The summed E-state index contributed by atoms with van der Waals surface area (Å²) in [7, 11) is 0.700. The number of nitrogens with zero attached hydrogens (tertiary/aromatic N) is 3. The van der Waals surface area contributed by atoms with E-state index in [2.05, 4.69) is 10.2 Å². The van der Waals surface area contributed by atoms with Crippen LogP contribution in [0, 0.1) is 0 Å². The minimum Gasteiger partial charge on any atom is -0.378 e. The summed E-state index contributed by atoms with van der Waals surface area (Å²) in [5.74, 6) is 0. The van der Waals surface area contributed by atoms with Crippen molar-refractivity contribution in [1.29, 1.82) is 0 Å². The van der Waals surface area contributed by atoms with Crippen molar-refractivity contribution in [2.75, 3.05) is 19.0 Å². The van der Waals surface area contributed by atoms with Gasteiger partial charge in [0, 0.05) is 19.8 Å². The van der Waals surface area contributed by atoms with Crippen LogP contribution in [-0.4, -0.2) is 27.8 Å². The van der Waals surface area contributed by atoms with E-state index in [1.807, 2.05) is 43.3 Å². The van der Waals surface area contributed by atoms with E-state index in [-0.39, 0.29) is 0 Å². The van der Waals surface area contributed by atoms with Crippen molar-refractivity contribution in [2.24, 2.45) is 10.2 Å². The third-order valence-electron chi connectivity index (χ3n) is 3.43. The molecule has 0 heterocycles. The van der Waals surface area contributed by atoms with Crippen molar-refractivity contribution in [3.63, 3.8) is 0 Å². The Hall–Kier alpha value is -2.21. The molecule has 0 saturated heterocycles. The predicted molar refractivity (Wildman–Crippen MR) is 93.7 cm³/mol. The lowest BCUT2D eigenvalue weighted by Crippen LogP contribution is -2.13. The highest BCUT2D eigenvalue weighted by Crippen LogP contribution is 2.23. The van der Waals surface area contributed by atoms with Crippen molar-refractivity contribution >= 4 is 26.9 Å². The molecule has 0 bridgehead atoms. The van der Waals surface area contributed by atoms with Crippen LogP contribution >= 0.6 is 0 Å². The summed E-state index contributed by atoms with van der Waals surface area (Å²) in [4.78, 5) is 2.32. The summed E-state index contributed by atoms with van der Waals surface area (Å²) in [6.45, 7) is 3.33. The molecule has 23 heavy (non-hydrogen) atoms. The highest BCUT2D eigenvalue weighted by atomic mass is 32.2. The van der Waals surface area contributed by atoms with E-state index in [1.54, 1.807) is 38.1 Å². The lowest BCUT2D eigenvalue weighted by Gasteiger charge is -2.11. The summed E-state index contributed by atoms with van der Waals surface area (Å²) >= 11 is 0. The Morgan fingerprint density at radius 1 is 0.826 bits per heavy atom. The van der Waals surface area contributed by atoms with Gasteiger partial charge in [0.05, 0.1) is 21.5 Å². The average molecular weight is 331 g/mol. The van der Waals surface area contributed by atoms with Crippen LogP contribution in [0.2, 0.25) is 0 Å². The van der Waals surface area contributed by atoms with E-state index >= 15 is 0 Å². The molecule has 0 aromatic heterocycles. The first kappa shape index (κ1) is 17.1. The van der Waals surface area contributed by atoms with Gasteiger partial charge in [-0.3, -0.25) is 0 Å². The van der Waals surface area contributed by atoms with Crippen LogP contribution in [0.25, 0.3) is 0 Å². The van der Waals surface area contributed by atoms with Gasteiger partial charge >= 0.3 is 0 Å². The molecule has 2 aromatic carbocycles. The average Bonchev–Trinajstić information content (AvgIpc) is 2.53. The van der Waals surface area contributed by atoms with E-state index in [1.165, 1.54) is 0 Å². The summed E-state index contributed by atoms with van der Waals surface area (Å²) in [6, 6.07) is 14.2. The molecule has 0 aliphatic rings. The first-order chi connectivity index (χ1) is 10.8. The molecule has 0 atom stereocenters. The zero-order chi connectivity index (χ0) is 17.0. The third kappa shape index (κ3) is 4.16. The van der Waals surface area contributed by atoms with Gasteiger partial charge in [-0.15, -0.1) is 0 Å². The van der Waals surface area contributed by atoms with E-state index in [0.717, 1.165) is 11.4 Å². The molecule has 0 saturated carbocycles. The van der Waals surface area contributed by atoms with Gasteiger partial charge in [0.25, 0.3) is 0 Å². The maximum absolute atomic E-state index is 12.1. The van der Waals surface area contributed by atoms with Gasteiger partial charge in [0.2, 0.25) is 0 Å². The summed E-state index contributed by atoms with van der Waals surface area (Å²) in [6.07, 6.45) is 0. The molecule has 0 fully saturated rings. The number of hydrogen-bond acceptors (Lipinski definition) is 5. The van der Waals surface area contributed by atoms with Crippen molar-refractivity contribution in [2.45, 2.75) is 24.0 Å². The summed E-state index contributed by atoms with van der Waals surface area (Å²) in [5.41, 5.74) is 2.45. The Labute approximate surface area is 137 Å². The number of sulfone groups is 1. The quantitative estimate of drug-likeness (QED) is 0.765. The van der Waals surface area contributed by atoms with Gasteiger partial charge in [-0.2, -0.15) is 10.2 Å². The molecule has 0 aliphatic carbocycles. The number of hydrogen-bond donors (Lipinski definition) is 0. The van der Waals surface area contributed by atoms with Crippen molar-refractivity contribution < 1.29 is 8.42 Å². The molecule has 0 amide bonds. The monoisotopic (exact) mass is 331 g/mol. The van der Waals surface area contributed by atoms with Crippen LogP contribution in [0.1, 0.15) is 13.8 Å². The fraction of sp³-hybridized carbons (Fsp3) is 0.294. The maximum atomic E-state index is 12.1. The second-order valence-electron chi connectivity index (χ2n) is 5.70. The minimum atomic E-state index is -3.25. The van der Waals surface area contributed by atoms with E-state index < -0.39 is 15.1 Å². The van der Waals surface area contributed by atoms with Gasteiger partial charge in [-0.25, -0.2) is 8.42 Å². The zero-order valence-corrected chi connectivity index (χ0v) is 14.6. The molecule has 2 rings (SSSR count). The van der Waals surface area contributed by atoms with Crippen LogP contribution in [-0.2, 0) is 9.84 Å². The fourth-order valence-electron chi connectivity index (χ4n) is 1.91. The fourth-order valence-corrected chi connectivity index (χ4v) is 2.97. The van der Waals surface area contributed by atoms with Crippen molar-refractivity contribution in [3.8, 4) is 0 Å². The number of rotatable bonds is 5. The molecule has 0 N–H and O–H groups in total. The normalized spacial score (nSPS) is 12.0. The van der Waals surface area contributed by atoms with Gasteiger partial charge in [-0.05, 0) is 62.4 Å². The van der Waals surface area contributed by atoms with Crippen LogP contribution in [0.3, 0.4) is 0 Å². The largest absolute Gasteiger partial charge is 0.378 e. The molecule has 0 spiro atoms. The highest BCUT2D eigenvalue weighted by molar-refractivity contribution is 7.92. The van der Waals surface area contributed by atoms with Crippen LogP contribution in [0.4, 0.5) is 17.1 Å². The van der Waals surface area contributed by atoms with Crippen LogP contribution in [0.5, 0.6) is 0 Å². The SMILES string of the molecule is CC(C)S(=O)(=O)c1ccc(N=Nc2ccc(N(C)C)cc2)cc1. The maximum Gasteiger partial charge on any atom is 0.180 e. The third-order valence-corrected chi connectivity index (χ3v) is 5.60. The topological polar surface area (TPSA) is 62.1 Å². The number of anilines is 1. The molecule has 0 radical (unpaired) electrons. The molecule has 122 valence electrons. The Bertz CT molecular complexity index is 778. The molecular formula is C17H21N3O2S. The van der Waals surface area contributed by atoms with E-state index in [4.69, 9.17) is 0 Å². The lowest BCUT2D eigenvalue weighted by atomic mass is 10.3. The van der Waals surface area contributed by atoms with Gasteiger partial charge in [0.1, 0.15) is 0 Å². The Balaban J connectivity index is 2.14. The van der Waals surface area contributed by atoms with Crippen LogP contribution in [0.15, 0.2) is 63.7 Å². The van der Waals surface area contributed by atoms with Crippen LogP contribution < -0.4 is 4.90 Å². The summed E-state index contributed by atoms with van der Waals surface area (Å²) in [5, 5.41) is 7.86. The minimum absolute atomic E-state index is 0.307. The standard InChI is InChI=1S/C17H21N3O2S/c1-13(2)23(21,22)17-11-7-15(8-12-17)19-18-14-5-9-16(10-6-14)20(3)4/h5-13H,1-4H3. The molecule has 2 aromatic rings. The summed E-state index contributed by atoms with van der Waals surface area (Å²) < 4.78 is 24.1. The van der Waals surface area contributed by atoms with Crippen molar-refractivity contribution in [3.05, 3.63) is 48.5 Å². The molecule has 6 heteroatoms. The second kappa shape index (κ2) is 6.91. The Morgan fingerprint density at radius 3 is 1.65 bits per heavy atom. The van der Waals surface area contributed by atoms with Crippen molar-refractivity contribution in [1.82, 2.24) is 0 Å². The van der Waals surface area contributed by atoms with E-state index in [9.17, 15) is 8.42 Å². The lowest BCUT2D eigenvalue weighted by molar-refractivity contribution is 0.587. The van der Waals surface area contributed by atoms with Gasteiger partial charge in [-0.1, -0.05) is 0 Å². The first-order valence-electron chi connectivity index (χ1n) is 7.34. The number of azo groups is 1. The van der Waals surface area contributed by atoms with Gasteiger partial charge in [0.15, 0.2) is 9.84 Å².